The Balaban J connectivity index is 1.75. The van der Waals surface area contributed by atoms with Crippen LogP contribution in [0.4, 0.5) is 17.3 Å². The van der Waals surface area contributed by atoms with Crippen molar-refractivity contribution in [2.24, 2.45) is 0 Å². The summed E-state index contributed by atoms with van der Waals surface area (Å²) in [6, 6.07) is 6.07. The second-order valence-electron chi connectivity index (χ2n) is 6.14. The van der Waals surface area contributed by atoms with Crippen LogP contribution in [0.1, 0.15) is 12.8 Å². The van der Waals surface area contributed by atoms with Gasteiger partial charge in [0.2, 0.25) is 5.95 Å². The fraction of sp³-hybridized carbons (Fsp3) is 0.375. The molecule has 0 saturated carbocycles. The van der Waals surface area contributed by atoms with E-state index in [1.807, 2.05) is 0 Å². The molecule has 0 unspecified atom stereocenters. The molecular weight excluding hydrogens is 358 g/mol. The maximum atomic E-state index is 11.8. The second-order valence-corrected chi connectivity index (χ2v) is 8.12. The minimum Gasteiger partial charge on any atom is -0.377 e. The lowest BCUT2D eigenvalue weighted by Crippen LogP contribution is -2.40. The summed E-state index contributed by atoms with van der Waals surface area (Å²) in [6.45, 7) is 1.42. The molecule has 9 nitrogen and oxygen atoms in total. The third-order valence-corrected chi connectivity index (χ3v) is 5.40. The molecule has 1 aromatic carbocycles. The molecule has 3 rings (SSSR count). The van der Waals surface area contributed by atoms with E-state index in [0.717, 1.165) is 19.1 Å². The number of piperidine rings is 1. The van der Waals surface area contributed by atoms with Gasteiger partial charge >= 0.3 is 5.69 Å². The number of para-hydroxylation sites is 1. The highest BCUT2D eigenvalue weighted by molar-refractivity contribution is 7.90. The van der Waals surface area contributed by atoms with Gasteiger partial charge in [0.1, 0.15) is 10.6 Å². The van der Waals surface area contributed by atoms with Crippen molar-refractivity contribution in [2.75, 3.05) is 29.6 Å². The number of sulfone groups is 1. The second kappa shape index (κ2) is 7.24. The number of benzene rings is 1. The largest absolute Gasteiger partial charge is 0.377 e. The summed E-state index contributed by atoms with van der Waals surface area (Å²) in [6.07, 6.45) is 5.81. The molecule has 0 aliphatic carbocycles. The fourth-order valence-electron chi connectivity index (χ4n) is 3.02. The van der Waals surface area contributed by atoms with E-state index in [4.69, 9.17) is 0 Å². The van der Waals surface area contributed by atoms with E-state index >= 15 is 0 Å². The molecule has 2 heterocycles. The van der Waals surface area contributed by atoms with Gasteiger partial charge in [0.05, 0.1) is 4.92 Å². The minimum absolute atomic E-state index is 0.00322. The van der Waals surface area contributed by atoms with Crippen LogP contribution < -0.4 is 10.2 Å². The van der Waals surface area contributed by atoms with E-state index in [9.17, 15) is 18.5 Å². The van der Waals surface area contributed by atoms with E-state index in [1.165, 1.54) is 12.1 Å². The predicted octanol–water partition coefficient (Wildman–Crippen LogP) is 1.87. The number of hydrogen-bond acceptors (Lipinski definition) is 8. The van der Waals surface area contributed by atoms with Gasteiger partial charge in [0.25, 0.3) is 0 Å². The zero-order valence-electron chi connectivity index (χ0n) is 14.2. The number of nitrogens with one attached hydrogen (secondary N) is 1. The highest BCUT2D eigenvalue weighted by Gasteiger charge is 2.28. The van der Waals surface area contributed by atoms with Crippen LogP contribution in [-0.2, 0) is 9.84 Å². The lowest BCUT2D eigenvalue weighted by atomic mass is 10.0. The molecule has 1 aliphatic rings. The molecule has 0 bridgehead atoms. The Morgan fingerprint density at radius 3 is 2.42 bits per heavy atom. The van der Waals surface area contributed by atoms with Gasteiger partial charge in [-0.05, 0) is 31.0 Å². The van der Waals surface area contributed by atoms with E-state index in [-0.39, 0.29) is 16.6 Å². The molecule has 0 radical (unpaired) electrons. The average molecular weight is 377 g/mol. The van der Waals surface area contributed by atoms with Gasteiger partial charge in [0.15, 0.2) is 9.84 Å². The van der Waals surface area contributed by atoms with Crippen LogP contribution in [0.3, 0.4) is 0 Å². The van der Waals surface area contributed by atoms with Crippen LogP contribution in [0.15, 0.2) is 41.6 Å². The van der Waals surface area contributed by atoms with Crippen molar-refractivity contribution in [1.29, 1.82) is 0 Å². The van der Waals surface area contributed by atoms with Crippen LogP contribution in [0, 0.1) is 10.1 Å². The molecule has 1 saturated heterocycles. The lowest BCUT2D eigenvalue weighted by molar-refractivity contribution is -0.386. The fourth-order valence-corrected chi connectivity index (χ4v) is 3.89. The van der Waals surface area contributed by atoms with Crippen molar-refractivity contribution in [3.63, 3.8) is 0 Å². The predicted molar refractivity (Wildman–Crippen MR) is 97.1 cm³/mol. The third-order valence-electron chi connectivity index (χ3n) is 4.27. The summed E-state index contributed by atoms with van der Waals surface area (Å²) in [5.41, 5.74) is -0.170. The van der Waals surface area contributed by atoms with Gasteiger partial charge in [-0.15, -0.1) is 0 Å². The Hall–Kier alpha value is -2.75. The molecule has 1 fully saturated rings. The van der Waals surface area contributed by atoms with Crippen molar-refractivity contribution in [1.82, 2.24) is 9.97 Å². The standard InChI is InChI=1S/C16H19N5O4S/c1-26(24,25)14-5-2-4-13(15(14)21(22)23)19-12-6-10-20(11-7-12)16-17-8-3-9-18-16/h2-5,8-9,12,19H,6-7,10-11H2,1H3. The van der Waals surface area contributed by atoms with Crippen LogP contribution in [-0.4, -0.2) is 48.7 Å². The summed E-state index contributed by atoms with van der Waals surface area (Å²) >= 11 is 0. The molecule has 1 aliphatic heterocycles. The first-order valence-electron chi connectivity index (χ1n) is 8.12. The van der Waals surface area contributed by atoms with E-state index in [2.05, 4.69) is 20.2 Å². The molecular formula is C16H19N5O4S. The Labute approximate surface area is 151 Å². The van der Waals surface area contributed by atoms with Crippen LogP contribution >= 0.6 is 0 Å². The Kier molecular flexibility index (Phi) is 5.03. The molecule has 2 aromatic rings. The number of anilines is 2. The zero-order chi connectivity index (χ0) is 18.7. The van der Waals surface area contributed by atoms with Gasteiger partial charge in [0, 0.05) is 37.8 Å². The van der Waals surface area contributed by atoms with Crippen molar-refractivity contribution in [3.05, 3.63) is 46.8 Å². The van der Waals surface area contributed by atoms with Gasteiger partial charge in [-0.1, -0.05) is 6.07 Å². The first-order valence-corrected chi connectivity index (χ1v) is 10.0. The molecule has 138 valence electrons. The molecule has 10 heteroatoms. The number of nitro benzene ring substituents is 1. The SMILES string of the molecule is CS(=O)(=O)c1cccc(NC2CCN(c3ncccn3)CC2)c1[N+](=O)[O-]. The van der Waals surface area contributed by atoms with Gasteiger partial charge in [-0.2, -0.15) is 0 Å². The van der Waals surface area contributed by atoms with Crippen LogP contribution in [0.2, 0.25) is 0 Å². The number of nitro groups is 1. The van der Waals surface area contributed by atoms with Crippen LogP contribution in [0.25, 0.3) is 0 Å². The lowest BCUT2D eigenvalue weighted by Gasteiger charge is -2.32. The van der Waals surface area contributed by atoms with Crippen molar-refractivity contribution in [3.8, 4) is 0 Å². The molecule has 0 spiro atoms. The van der Waals surface area contributed by atoms with E-state index < -0.39 is 20.4 Å². The molecule has 1 aromatic heterocycles. The van der Waals surface area contributed by atoms with E-state index in [1.54, 1.807) is 24.5 Å². The first kappa shape index (κ1) is 18.1. The number of rotatable bonds is 5. The zero-order valence-corrected chi connectivity index (χ0v) is 15.0. The topological polar surface area (TPSA) is 118 Å². The minimum atomic E-state index is -3.69. The molecule has 26 heavy (non-hydrogen) atoms. The van der Waals surface area contributed by atoms with Crippen molar-refractivity contribution >= 4 is 27.2 Å². The number of nitrogens with zero attached hydrogens (tertiary/aromatic N) is 4. The maximum Gasteiger partial charge on any atom is 0.310 e. The van der Waals surface area contributed by atoms with Gasteiger partial charge in [-0.3, -0.25) is 10.1 Å². The summed E-state index contributed by atoms with van der Waals surface area (Å²) in [5.74, 6) is 0.663. The monoisotopic (exact) mass is 377 g/mol. The summed E-state index contributed by atoms with van der Waals surface area (Å²) in [4.78, 5) is 21.0. The normalized spacial score (nSPS) is 15.7. The summed E-state index contributed by atoms with van der Waals surface area (Å²) in [5, 5.41) is 14.6. The molecule has 0 amide bonds. The van der Waals surface area contributed by atoms with Gasteiger partial charge in [-0.25, -0.2) is 18.4 Å². The maximum absolute atomic E-state index is 11.8. The smallest absolute Gasteiger partial charge is 0.310 e. The van der Waals surface area contributed by atoms with Crippen LogP contribution in [0.5, 0.6) is 0 Å². The quantitative estimate of drug-likeness (QED) is 0.620. The molecule has 1 N–H and O–H groups in total. The Bertz CT molecular complexity index is 896. The van der Waals surface area contributed by atoms with Crippen molar-refractivity contribution in [2.45, 2.75) is 23.8 Å². The highest BCUT2D eigenvalue weighted by atomic mass is 32.2. The molecule has 0 atom stereocenters. The first-order chi connectivity index (χ1) is 12.4. The third kappa shape index (κ3) is 3.90. The number of aromatic nitrogens is 2. The highest BCUT2D eigenvalue weighted by Crippen LogP contribution is 2.33. The summed E-state index contributed by atoms with van der Waals surface area (Å²) in [7, 11) is -3.69. The van der Waals surface area contributed by atoms with Crippen molar-refractivity contribution < 1.29 is 13.3 Å². The average Bonchev–Trinajstić information content (AvgIpc) is 2.62. The van der Waals surface area contributed by atoms with Gasteiger partial charge < -0.3 is 10.2 Å². The van der Waals surface area contributed by atoms with E-state index in [0.29, 0.717) is 19.0 Å². The summed E-state index contributed by atoms with van der Waals surface area (Å²) < 4.78 is 23.7. The Morgan fingerprint density at radius 2 is 1.85 bits per heavy atom. The Morgan fingerprint density at radius 1 is 1.19 bits per heavy atom. The number of hydrogen-bond donors (Lipinski definition) is 1.